The van der Waals surface area contributed by atoms with Crippen LogP contribution >= 0.6 is 27.3 Å². The maximum Gasteiger partial charge on any atom is 0.266 e. The number of hydrogen-bond acceptors (Lipinski definition) is 3. The van der Waals surface area contributed by atoms with Gasteiger partial charge in [-0.3, -0.25) is 4.79 Å². The second kappa shape index (κ2) is 4.15. The molecule has 0 bridgehead atoms. The van der Waals surface area contributed by atoms with Gasteiger partial charge in [0.15, 0.2) is 0 Å². The Kier molecular flexibility index (Phi) is 2.73. The van der Waals surface area contributed by atoms with E-state index in [0.717, 1.165) is 0 Å². The van der Waals surface area contributed by atoms with E-state index in [1.54, 1.807) is 11.4 Å². The summed E-state index contributed by atoms with van der Waals surface area (Å²) in [6, 6.07) is 3.00. The third-order valence-electron chi connectivity index (χ3n) is 2.84. The highest BCUT2D eigenvalue weighted by atomic mass is 79.9. The van der Waals surface area contributed by atoms with E-state index in [9.17, 15) is 14.3 Å². The van der Waals surface area contributed by atoms with Crippen molar-refractivity contribution >= 4 is 48.3 Å². The van der Waals surface area contributed by atoms with E-state index < -0.39 is 5.82 Å². The highest BCUT2D eigenvalue weighted by molar-refractivity contribution is 9.10. The molecule has 1 aromatic carbocycles. The molecule has 92 valence electrons. The Hall–Kier alpha value is -1.24. The second-order valence-electron chi connectivity index (χ2n) is 3.86. The first-order valence-electron chi connectivity index (χ1n) is 5.14. The van der Waals surface area contributed by atoms with Crippen LogP contribution in [-0.4, -0.2) is 10.1 Å². The number of aromatic nitrogens is 1. The number of H-pyrrole nitrogens is 1. The fourth-order valence-electron chi connectivity index (χ4n) is 2.02. The molecule has 2 N–H and O–H groups in total. The Morgan fingerprint density at radius 3 is 3.00 bits per heavy atom. The van der Waals surface area contributed by atoms with Crippen LogP contribution in [-0.2, 0) is 6.61 Å². The van der Waals surface area contributed by atoms with Crippen molar-refractivity contribution in [3.05, 3.63) is 43.7 Å². The molecule has 2 heterocycles. The fourth-order valence-corrected chi connectivity index (χ4v) is 3.47. The lowest BCUT2D eigenvalue weighted by molar-refractivity contribution is 0.280. The number of nitrogens with one attached hydrogen (secondary N) is 1. The molecule has 0 amide bonds. The van der Waals surface area contributed by atoms with Crippen molar-refractivity contribution in [3.63, 3.8) is 0 Å². The minimum absolute atomic E-state index is 0.162. The number of fused-ring (bicyclic) bond motifs is 3. The zero-order valence-corrected chi connectivity index (χ0v) is 11.4. The summed E-state index contributed by atoms with van der Waals surface area (Å²) >= 11 is 4.67. The average Bonchev–Trinajstić information content (AvgIpc) is 2.83. The van der Waals surface area contributed by atoms with Crippen molar-refractivity contribution in [2.45, 2.75) is 6.61 Å². The summed E-state index contributed by atoms with van der Waals surface area (Å²) in [6.07, 6.45) is 0. The Balaban J connectivity index is 2.66. The van der Waals surface area contributed by atoms with Crippen LogP contribution in [0.1, 0.15) is 5.56 Å². The van der Waals surface area contributed by atoms with Gasteiger partial charge < -0.3 is 10.1 Å². The number of thiophene rings is 1. The van der Waals surface area contributed by atoms with E-state index in [1.165, 1.54) is 17.4 Å². The summed E-state index contributed by atoms with van der Waals surface area (Å²) in [4.78, 5) is 14.3. The van der Waals surface area contributed by atoms with Gasteiger partial charge >= 0.3 is 0 Å². The number of aliphatic hydroxyl groups excluding tert-OH is 1. The van der Waals surface area contributed by atoms with Gasteiger partial charge in [0.05, 0.1) is 12.1 Å². The number of hydrogen-bond donors (Lipinski definition) is 2. The Labute approximate surface area is 113 Å². The monoisotopic (exact) mass is 327 g/mol. The first kappa shape index (κ1) is 11.8. The molecule has 0 radical (unpaired) electrons. The molecule has 18 heavy (non-hydrogen) atoms. The highest BCUT2D eigenvalue weighted by Gasteiger charge is 2.15. The van der Waals surface area contributed by atoms with Gasteiger partial charge in [-0.15, -0.1) is 11.3 Å². The lowest BCUT2D eigenvalue weighted by Crippen LogP contribution is -2.06. The predicted octanol–water partition coefficient (Wildman–Crippen LogP) is 3.14. The molecule has 0 aliphatic rings. The summed E-state index contributed by atoms with van der Waals surface area (Å²) in [6.45, 7) is -0.266. The molecular weight excluding hydrogens is 321 g/mol. The van der Waals surface area contributed by atoms with E-state index in [4.69, 9.17) is 0 Å². The van der Waals surface area contributed by atoms with Gasteiger partial charge in [-0.1, -0.05) is 0 Å². The smallest absolute Gasteiger partial charge is 0.266 e. The van der Waals surface area contributed by atoms with Gasteiger partial charge in [0.25, 0.3) is 5.56 Å². The summed E-state index contributed by atoms with van der Waals surface area (Å²) in [7, 11) is 0. The first-order chi connectivity index (χ1) is 8.63. The first-order valence-corrected chi connectivity index (χ1v) is 6.81. The number of rotatable bonds is 1. The standard InChI is InChI=1S/C12H7BrFNO2S/c13-9-5(4-16)3-7(14)10-8(9)6-1-2-18-11(6)12(17)15-10/h1-3,16H,4H2,(H,15,17). The number of benzene rings is 1. The van der Waals surface area contributed by atoms with Crippen molar-refractivity contribution < 1.29 is 9.50 Å². The third kappa shape index (κ3) is 1.53. The summed E-state index contributed by atoms with van der Waals surface area (Å²) in [5, 5.41) is 12.3. The Morgan fingerprint density at radius 1 is 1.50 bits per heavy atom. The minimum Gasteiger partial charge on any atom is -0.392 e. The van der Waals surface area contributed by atoms with Crippen molar-refractivity contribution in [2.75, 3.05) is 0 Å². The van der Waals surface area contributed by atoms with Gasteiger partial charge in [-0.25, -0.2) is 4.39 Å². The summed E-state index contributed by atoms with van der Waals surface area (Å²) < 4.78 is 15.1. The maximum absolute atomic E-state index is 13.9. The Morgan fingerprint density at radius 2 is 2.28 bits per heavy atom. The van der Waals surface area contributed by atoms with E-state index >= 15 is 0 Å². The van der Waals surface area contributed by atoms with Crippen LogP contribution in [0.2, 0.25) is 0 Å². The molecule has 0 atom stereocenters. The van der Waals surface area contributed by atoms with Gasteiger partial charge in [0.2, 0.25) is 0 Å². The lowest BCUT2D eigenvalue weighted by atomic mass is 10.1. The zero-order valence-electron chi connectivity index (χ0n) is 8.96. The van der Waals surface area contributed by atoms with Gasteiger partial charge in [-0.2, -0.15) is 0 Å². The largest absolute Gasteiger partial charge is 0.392 e. The third-order valence-corrected chi connectivity index (χ3v) is 4.66. The van der Waals surface area contributed by atoms with Crippen LogP contribution in [0.25, 0.3) is 21.0 Å². The number of aliphatic hydroxyl groups is 1. The van der Waals surface area contributed by atoms with E-state index in [1.807, 2.05) is 0 Å². The van der Waals surface area contributed by atoms with Gasteiger partial charge in [0, 0.05) is 15.2 Å². The van der Waals surface area contributed by atoms with Crippen molar-refractivity contribution in [1.29, 1.82) is 0 Å². The van der Waals surface area contributed by atoms with Gasteiger partial charge in [0.1, 0.15) is 10.5 Å². The number of aromatic amines is 1. The molecule has 0 spiro atoms. The molecule has 0 aliphatic carbocycles. The maximum atomic E-state index is 13.9. The highest BCUT2D eigenvalue weighted by Crippen LogP contribution is 2.34. The van der Waals surface area contributed by atoms with E-state index in [2.05, 4.69) is 20.9 Å². The van der Waals surface area contributed by atoms with Crippen molar-refractivity contribution in [1.82, 2.24) is 4.98 Å². The topological polar surface area (TPSA) is 53.1 Å². The second-order valence-corrected chi connectivity index (χ2v) is 5.57. The van der Waals surface area contributed by atoms with Crippen LogP contribution in [0, 0.1) is 5.82 Å². The van der Waals surface area contributed by atoms with Crippen LogP contribution in [0.15, 0.2) is 26.8 Å². The van der Waals surface area contributed by atoms with Crippen molar-refractivity contribution in [2.24, 2.45) is 0 Å². The zero-order chi connectivity index (χ0) is 12.9. The van der Waals surface area contributed by atoms with Crippen LogP contribution < -0.4 is 5.56 Å². The summed E-state index contributed by atoms with van der Waals surface area (Å²) in [5.74, 6) is -0.539. The minimum atomic E-state index is -0.539. The average molecular weight is 328 g/mol. The molecule has 0 saturated carbocycles. The molecule has 0 unspecified atom stereocenters. The van der Waals surface area contributed by atoms with E-state index in [0.29, 0.717) is 25.5 Å². The molecule has 0 fully saturated rings. The molecule has 2 aromatic heterocycles. The molecule has 3 rings (SSSR count). The normalized spacial score (nSPS) is 11.5. The number of pyridine rings is 1. The molecule has 3 aromatic rings. The van der Waals surface area contributed by atoms with Crippen LogP contribution in [0.3, 0.4) is 0 Å². The molecule has 3 nitrogen and oxygen atoms in total. The van der Waals surface area contributed by atoms with Gasteiger partial charge in [-0.05, 0) is 39.0 Å². The molecule has 0 saturated heterocycles. The molecular formula is C12H7BrFNO2S. The Bertz CT molecular complexity index is 824. The summed E-state index contributed by atoms with van der Waals surface area (Å²) in [5.41, 5.74) is 0.324. The van der Waals surface area contributed by atoms with Crippen LogP contribution in [0.4, 0.5) is 4.39 Å². The molecule has 0 aliphatic heterocycles. The predicted molar refractivity (Wildman–Crippen MR) is 73.5 cm³/mol. The number of halogens is 2. The lowest BCUT2D eigenvalue weighted by Gasteiger charge is -2.08. The van der Waals surface area contributed by atoms with Crippen LogP contribution in [0.5, 0.6) is 0 Å². The fraction of sp³-hybridized carbons (Fsp3) is 0.0833. The quantitative estimate of drug-likeness (QED) is 0.721. The SMILES string of the molecule is O=c1[nH]c2c(F)cc(CO)c(Br)c2c2ccsc12. The van der Waals surface area contributed by atoms with E-state index in [-0.39, 0.29) is 17.7 Å². The van der Waals surface area contributed by atoms with Crippen molar-refractivity contribution in [3.8, 4) is 0 Å². The molecule has 6 heteroatoms.